The number of rotatable bonds is 4. The van der Waals surface area contributed by atoms with Crippen LogP contribution in [0.5, 0.6) is 0 Å². The van der Waals surface area contributed by atoms with Crippen molar-refractivity contribution < 1.29 is 18.0 Å². The molecule has 2 heterocycles. The van der Waals surface area contributed by atoms with E-state index < -0.39 is 17.7 Å². The first-order valence-corrected chi connectivity index (χ1v) is 9.31. The maximum absolute atomic E-state index is 13.3. The number of nitrogens with zero attached hydrogens (tertiary/aromatic N) is 4. The molecule has 3 rings (SSSR count). The summed E-state index contributed by atoms with van der Waals surface area (Å²) in [5.41, 5.74) is 0.650. The van der Waals surface area contributed by atoms with Crippen LogP contribution in [0.4, 0.5) is 19.0 Å². The normalized spacial score (nSPS) is 16.9. The minimum Gasteiger partial charge on any atom is -0.355 e. The molecular weight excluding hydrogens is 381 g/mol. The second-order valence-corrected chi connectivity index (χ2v) is 7.16. The van der Waals surface area contributed by atoms with Gasteiger partial charge in [0.1, 0.15) is 5.82 Å². The van der Waals surface area contributed by atoms with Crippen molar-refractivity contribution >= 4 is 11.7 Å². The maximum Gasteiger partial charge on any atom is 0.419 e. The van der Waals surface area contributed by atoms with E-state index in [-0.39, 0.29) is 18.3 Å². The van der Waals surface area contributed by atoms with Gasteiger partial charge in [-0.3, -0.25) is 4.79 Å². The molecule has 152 valence electrons. The number of carbonyl (C=O) groups excluding carboxylic acids is 1. The van der Waals surface area contributed by atoms with Crippen molar-refractivity contribution in [1.29, 1.82) is 5.26 Å². The molecule has 1 aliphatic heterocycles. The van der Waals surface area contributed by atoms with Gasteiger partial charge in [-0.15, -0.1) is 0 Å². The molecule has 8 heteroatoms. The molecule has 29 heavy (non-hydrogen) atoms. The molecule has 0 radical (unpaired) electrons. The monoisotopic (exact) mass is 402 g/mol. The number of alkyl halides is 3. The maximum atomic E-state index is 13.3. The lowest BCUT2D eigenvalue weighted by atomic mass is 9.96. The molecule has 1 atom stereocenters. The molecule has 2 aromatic rings. The van der Waals surface area contributed by atoms with Gasteiger partial charge in [0.25, 0.3) is 0 Å². The number of amides is 1. The number of hydrogen-bond acceptors (Lipinski definition) is 4. The summed E-state index contributed by atoms with van der Waals surface area (Å²) < 4.78 is 40.0. The van der Waals surface area contributed by atoms with Crippen LogP contribution in [-0.2, 0) is 17.5 Å². The second-order valence-electron chi connectivity index (χ2n) is 7.16. The zero-order valence-electron chi connectivity index (χ0n) is 16.0. The van der Waals surface area contributed by atoms with Crippen LogP contribution in [-0.4, -0.2) is 35.9 Å². The minimum absolute atomic E-state index is 0.108. The Morgan fingerprint density at radius 3 is 2.69 bits per heavy atom. The molecule has 1 amide bonds. The van der Waals surface area contributed by atoms with Crippen LogP contribution in [0.3, 0.4) is 0 Å². The lowest BCUT2D eigenvalue weighted by Crippen LogP contribution is -2.44. The van der Waals surface area contributed by atoms with Gasteiger partial charge in [-0.25, -0.2) is 4.98 Å². The van der Waals surface area contributed by atoms with Gasteiger partial charge in [0.05, 0.1) is 23.1 Å². The third-order valence-electron chi connectivity index (χ3n) is 5.04. The third kappa shape index (κ3) is 4.86. The average Bonchev–Trinajstić information content (AvgIpc) is 2.73. The lowest BCUT2D eigenvalue weighted by molar-refractivity contribution is -0.137. The van der Waals surface area contributed by atoms with Crippen molar-refractivity contribution in [1.82, 2.24) is 9.88 Å². The molecule has 5 nitrogen and oxygen atoms in total. The third-order valence-corrected chi connectivity index (χ3v) is 5.04. The van der Waals surface area contributed by atoms with E-state index in [4.69, 9.17) is 5.26 Å². The Morgan fingerprint density at radius 2 is 2.03 bits per heavy atom. The number of benzene rings is 1. The summed E-state index contributed by atoms with van der Waals surface area (Å²) in [6.45, 7) is 1.01. The van der Waals surface area contributed by atoms with Crippen LogP contribution >= 0.6 is 0 Å². The summed E-state index contributed by atoms with van der Waals surface area (Å²) in [5.74, 6) is -0.619. The van der Waals surface area contributed by atoms with Crippen molar-refractivity contribution in [3.63, 3.8) is 0 Å². The van der Waals surface area contributed by atoms with Crippen LogP contribution in [0, 0.1) is 17.2 Å². The summed E-state index contributed by atoms with van der Waals surface area (Å²) in [5, 5.41) is 8.86. The Hall–Kier alpha value is -3.08. The summed E-state index contributed by atoms with van der Waals surface area (Å²) in [6, 6.07) is 11.3. The fraction of sp³-hybridized carbons (Fsp3) is 0.381. The molecule has 1 saturated heterocycles. The van der Waals surface area contributed by atoms with Crippen LogP contribution in [0.1, 0.15) is 29.5 Å². The molecule has 0 N–H and O–H groups in total. The quantitative estimate of drug-likeness (QED) is 0.780. The molecule has 0 spiro atoms. The molecule has 1 aromatic heterocycles. The number of anilines is 1. The van der Waals surface area contributed by atoms with Gasteiger partial charge in [-0.05, 0) is 42.7 Å². The SMILES string of the molecule is CN(Cc1ccc(C#N)cc1)C(=O)C1CCCN(c2ncccc2C(F)(F)F)C1. The van der Waals surface area contributed by atoms with E-state index in [1.54, 1.807) is 41.1 Å². The zero-order valence-corrected chi connectivity index (χ0v) is 16.0. The van der Waals surface area contributed by atoms with Crippen LogP contribution < -0.4 is 4.90 Å². The van der Waals surface area contributed by atoms with E-state index in [0.717, 1.165) is 11.6 Å². The van der Waals surface area contributed by atoms with Crippen molar-refractivity contribution in [2.75, 3.05) is 25.0 Å². The van der Waals surface area contributed by atoms with Gasteiger partial charge in [0.2, 0.25) is 5.91 Å². The molecule has 1 unspecified atom stereocenters. The van der Waals surface area contributed by atoms with Crippen molar-refractivity contribution in [3.05, 3.63) is 59.3 Å². The van der Waals surface area contributed by atoms with E-state index in [1.165, 1.54) is 12.3 Å². The highest BCUT2D eigenvalue weighted by molar-refractivity contribution is 5.79. The Bertz CT molecular complexity index is 905. The highest BCUT2D eigenvalue weighted by Gasteiger charge is 2.37. The smallest absolute Gasteiger partial charge is 0.355 e. The fourth-order valence-corrected chi connectivity index (χ4v) is 3.59. The van der Waals surface area contributed by atoms with Gasteiger partial charge in [0.15, 0.2) is 0 Å². The standard InChI is InChI=1S/C21H21F3N4O/c1-27(13-16-8-6-15(12-25)7-9-16)20(29)17-4-3-11-28(14-17)19-18(21(22,23)24)5-2-10-26-19/h2,5-10,17H,3-4,11,13-14H2,1H3. The van der Waals surface area contributed by atoms with Crippen LogP contribution in [0.2, 0.25) is 0 Å². The molecule has 0 bridgehead atoms. The molecule has 1 aliphatic rings. The number of pyridine rings is 1. The molecule has 1 aromatic carbocycles. The second kappa shape index (κ2) is 8.52. The van der Waals surface area contributed by atoms with Gasteiger partial charge < -0.3 is 9.80 Å². The molecular formula is C21H21F3N4O. The minimum atomic E-state index is -4.49. The lowest BCUT2D eigenvalue weighted by Gasteiger charge is -2.35. The van der Waals surface area contributed by atoms with Crippen molar-refractivity contribution in [2.24, 2.45) is 5.92 Å². The highest BCUT2D eigenvalue weighted by atomic mass is 19.4. The number of halogens is 3. The zero-order chi connectivity index (χ0) is 21.0. The van der Waals surface area contributed by atoms with Crippen LogP contribution in [0.25, 0.3) is 0 Å². The Balaban J connectivity index is 1.70. The Labute approximate surface area is 167 Å². The topological polar surface area (TPSA) is 60.2 Å². The van der Waals surface area contributed by atoms with E-state index in [0.29, 0.717) is 31.5 Å². The number of piperidine rings is 1. The largest absolute Gasteiger partial charge is 0.419 e. The molecule has 0 saturated carbocycles. The van der Waals surface area contributed by atoms with Crippen LogP contribution in [0.15, 0.2) is 42.6 Å². The molecule has 0 aliphatic carbocycles. The fourth-order valence-electron chi connectivity index (χ4n) is 3.59. The van der Waals surface area contributed by atoms with Crippen molar-refractivity contribution in [3.8, 4) is 6.07 Å². The van der Waals surface area contributed by atoms with Gasteiger partial charge in [-0.2, -0.15) is 18.4 Å². The van der Waals surface area contributed by atoms with E-state index >= 15 is 0 Å². The van der Waals surface area contributed by atoms with E-state index in [2.05, 4.69) is 4.98 Å². The first-order chi connectivity index (χ1) is 13.8. The summed E-state index contributed by atoms with van der Waals surface area (Å²) in [6.07, 6.45) is -1.91. The Kier molecular flexibility index (Phi) is 6.06. The van der Waals surface area contributed by atoms with Gasteiger partial charge in [-0.1, -0.05) is 12.1 Å². The summed E-state index contributed by atoms with van der Waals surface area (Å²) in [4.78, 5) is 20.0. The summed E-state index contributed by atoms with van der Waals surface area (Å²) in [7, 11) is 1.68. The number of carbonyl (C=O) groups is 1. The van der Waals surface area contributed by atoms with E-state index in [1.807, 2.05) is 6.07 Å². The average molecular weight is 402 g/mol. The Morgan fingerprint density at radius 1 is 1.31 bits per heavy atom. The van der Waals surface area contributed by atoms with Crippen molar-refractivity contribution in [2.45, 2.75) is 25.6 Å². The van der Waals surface area contributed by atoms with E-state index in [9.17, 15) is 18.0 Å². The molecule has 1 fully saturated rings. The highest BCUT2D eigenvalue weighted by Crippen LogP contribution is 2.36. The number of aromatic nitrogens is 1. The van der Waals surface area contributed by atoms with Gasteiger partial charge in [0, 0.05) is 32.9 Å². The van der Waals surface area contributed by atoms with Gasteiger partial charge >= 0.3 is 6.18 Å². The first kappa shape index (κ1) is 20.6. The number of nitriles is 1. The predicted molar refractivity (Wildman–Crippen MR) is 102 cm³/mol. The predicted octanol–water partition coefficient (Wildman–Crippen LogP) is 3.85. The summed E-state index contributed by atoms with van der Waals surface area (Å²) >= 11 is 0. The first-order valence-electron chi connectivity index (χ1n) is 9.31. The number of hydrogen-bond donors (Lipinski definition) is 0.